The van der Waals surface area contributed by atoms with E-state index in [1.165, 1.54) is 11.8 Å². The number of carbonyl (C=O) groups is 1. The van der Waals surface area contributed by atoms with Crippen LogP contribution in [0.25, 0.3) is 0 Å². The van der Waals surface area contributed by atoms with Crippen molar-refractivity contribution in [1.82, 2.24) is 0 Å². The summed E-state index contributed by atoms with van der Waals surface area (Å²) in [6.07, 6.45) is 1.53. The molecule has 4 rings (SSSR count). The fraction of sp³-hybridized carbons (Fsp3) is 0.300. The first-order valence-corrected chi connectivity index (χ1v) is 12.7. The summed E-state index contributed by atoms with van der Waals surface area (Å²) in [5.41, 5.74) is 9.82. The van der Waals surface area contributed by atoms with Gasteiger partial charge in [0.25, 0.3) is 0 Å². The van der Waals surface area contributed by atoms with E-state index in [9.17, 15) is 9.90 Å². The number of esters is 1. The normalized spacial score (nSPS) is 18.5. The van der Waals surface area contributed by atoms with Gasteiger partial charge in [-0.05, 0) is 59.6 Å². The van der Waals surface area contributed by atoms with E-state index in [2.05, 4.69) is 32.9 Å². The number of thioether (sulfide) groups is 1. The minimum Gasteiger partial charge on any atom is -0.511 e. The Morgan fingerprint density at radius 2 is 1.66 bits per heavy atom. The fourth-order valence-corrected chi connectivity index (χ4v) is 5.73. The number of anilines is 1. The Bertz CT molecular complexity index is 1250. The number of ether oxygens (including phenoxy) is 1. The second kappa shape index (κ2) is 9.82. The highest BCUT2D eigenvalue weighted by atomic mass is 32.2. The molecular weight excluding hydrogens is 454 g/mol. The van der Waals surface area contributed by atoms with Gasteiger partial charge in [-0.3, -0.25) is 0 Å². The molecule has 0 spiro atoms. The summed E-state index contributed by atoms with van der Waals surface area (Å²) in [4.78, 5) is 14.6. The van der Waals surface area contributed by atoms with Gasteiger partial charge in [-0.15, -0.1) is 0 Å². The predicted octanol–water partition coefficient (Wildman–Crippen LogP) is 7.21. The smallest absolute Gasteiger partial charge is 0.349 e. The van der Waals surface area contributed by atoms with E-state index in [4.69, 9.17) is 10.5 Å². The Balaban J connectivity index is 1.70. The summed E-state index contributed by atoms with van der Waals surface area (Å²) in [7, 11) is 0. The molecule has 5 heteroatoms. The van der Waals surface area contributed by atoms with Crippen LogP contribution in [0.5, 0.6) is 0 Å². The molecule has 0 aliphatic carbocycles. The molecule has 1 unspecified atom stereocenters. The van der Waals surface area contributed by atoms with Crippen LogP contribution in [0.4, 0.5) is 5.69 Å². The van der Waals surface area contributed by atoms with Gasteiger partial charge in [0.15, 0.2) is 0 Å². The van der Waals surface area contributed by atoms with E-state index in [0.29, 0.717) is 12.1 Å². The summed E-state index contributed by atoms with van der Waals surface area (Å²) < 4.78 is 6.21. The molecule has 0 aromatic heterocycles. The van der Waals surface area contributed by atoms with Crippen LogP contribution in [0.2, 0.25) is 0 Å². The van der Waals surface area contributed by atoms with Crippen molar-refractivity contribution in [1.29, 1.82) is 0 Å². The number of cyclic esters (lactones) is 1. The van der Waals surface area contributed by atoms with E-state index < -0.39 is 11.6 Å². The number of nitrogens with two attached hydrogens (primary N) is 1. The highest BCUT2D eigenvalue weighted by Crippen LogP contribution is 2.47. The zero-order chi connectivity index (χ0) is 25.2. The number of hydrogen-bond donors (Lipinski definition) is 2. The van der Waals surface area contributed by atoms with Crippen LogP contribution in [0.15, 0.2) is 88.4 Å². The van der Waals surface area contributed by atoms with Crippen molar-refractivity contribution in [3.8, 4) is 0 Å². The van der Waals surface area contributed by atoms with Gasteiger partial charge < -0.3 is 15.6 Å². The second-order valence-electron chi connectivity index (χ2n) is 10.2. The lowest BCUT2D eigenvalue weighted by Gasteiger charge is -2.38. The number of hydrogen-bond acceptors (Lipinski definition) is 5. The molecule has 35 heavy (non-hydrogen) atoms. The van der Waals surface area contributed by atoms with Crippen LogP contribution in [-0.4, -0.2) is 11.1 Å². The Morgan fingerprint density at radius 3 is 2.26 bits per heavy atom. The maximum absolute atomic E-state index is 13.4. The molecule has 182 valence electrons. The number of benzene rings is 3. The number of carbonyl (C=O) groups excluding carboxylic acids is 1. The van der Waals surface area contributed by atoms with Crippen molar-refractivity contribution >= 4 is 23.4 Å². The summed E-state index contributed by atoms with van der Waals surface area (Å²) in [5.74, 6) is -0.428. The second-order valence-corrected chi connectivity index (χ2v) is 11.3. The third-order valence-electron chi connectivity index (χ3n) is 6.54. The average Bonchev–Trinajstić information content (AvgIpc) is 2.82. The minimum atomic E-state index is -0.924. The number of nitrogen functional groups attached to an aromatic ring is 1. The van der Waals surface area contributed by atoms with Gasteiger partial charge in [-0.2, -0.15) is 0 Å². The topological polar surface area (TPSA) is 72.5 Å². The molecule has 0 radical (unpaired) electrons. The summed E-state index contributed by atoms with van der Waals surface area (Å²) in [5, 5.41) is 11.2. The lowest BCUT2D eigenvalue weighted by atomic mass is 9.82. The van der Waals surface area contributed by atoms with Crippen molar-refractivity contribution in [2.24, 2.45) is 0 Å². The first-order valence-electron chi connectivity index (χ1n) is 11.9. The molecule has 1 atom stereocenters. The van der Waals surface area contributed by atoms with E-state index in [0.717, 1.165) is 33.6 Å². The quantitative estimate of drug-likeness (QED) is 0.284. The van der Waals surface area contributed by atoms with E-state index in [1.807, 2.05) is 67.6 Å². The van der Waals surface area contributed by atoms with Crippen LogP contribution < -0.4 is 5.73 Å². The molecular formula is C30H33NO3S. The van der Waals surface area contributed by atoms with Gasteiger partial charge in [-0.1, -0.05) is 93.2 Å². The number of aryl methyl sites for hydroxylation is 2. The molecule has 0 amide bonds. The van der Waals surface area contributed by atoms with Gasteiger partial charge >= 0.3 is 5.97 Å². The predicted molar refractivity (Wildman–Crippen MR) is 143 cm³/mol. The van der Waals surface area contributed by atoms with Crippen molar-refractivity contribution < 1.29 is 14.6 Å². The third-order valence-corrected chi connectivity index (χ3v) is 7.70. The summed E-state index contributed by atoms with van der Waals surface area (Å²) >= 11 is 1.27. The van der Waals surface area contributed by atoms with Crippen LogP contribution in [0, 0.1) is 6.92 Å². The Labute approximate surface area is 212 Å². The highest BCUT2D eigenvalue weighted by molar-refractivity contribution is 8.04. The maximum atomic E-state index is 13.4. The van der Waals surface area contributed by atoms with Crippen molar-refractivity contribution in [2.75, 3.05) is 5.73 Å². The molecule has 1 aliphatic heterocycles. The molecule has 3 aromatic rings. The molecule has 3 aromatic carbocycles. The summed E-state index contributed by atoms with van der Waals surface area (Å²) in [6, 6.07) is 23.8. The molecule has 0 saturated heterocycles. The van der Waals surface area contributed by atoms with Crippen molar-refractivity contribution in [3.63, 3.8) is 0 Å². The van der Waals surface area contributed by atoms with Crippen molar-refractivity contribution in [2.45, 2.75) is 62.9 Å². The lowest BCUT2D eigenvalue weighted by Crippen LogP contribution is -2.38. The molecule has 0 bridgehead atoms. The van der Waals surface area contributed by atoms with E-state index >= 15 is 0 Å². The highest BCUT2D eigenvalue weighted by Gasteiger charge is 2.43. The molecule has 0 saturated carbocycles. The first-order chi connectivity index (χ1) is 16.6. The molecule has 1 aliphatic rings. The Hall–Kier alpha value is -3.18. The Morgan fingerprint density at radius 1 is 1.03 bits per heavy atom. The van der Waals surface area contributed by atoms with E-state index in [-0.39, 0.29) is 22.5 Å². The first kappa shape index (κ1) is 24.9. The molecule has 3 N–H and O–H groups in total. The van der Waals surface area contributed by atoms with Gasteiger partial charge in [0.1, 0.15) is 16.3 Å². The van der Waals surface area contributed by atoms with Crippen LogP contribution in [0.1, 0.15) is 55.9 Å². The van der Waals surface area contributed by atoms with Gasteiger partial charge in [-0.25, -0.2) is 4.79 Å². The zero-order valence-electron chi connectivity index (χ0n) is 20.8. The largest absolute Gasteiger partial charge is 0.511 e. The number of aliphatic hydroxyl groups excluding tert-OH is 1. The standard InChI is InChI=1S/C30H33NO3S/c1-20-17-26(23(18-24(20)31)29(2,3)4)35-27-25(32)19-30(34-28(27)33,22-13-9-6-10-14-22)16-15-21-11-7-5-8-12-21/h5-14,17-18,32H,15-16,19,31H2,1-4H3. The zero-order valence-corrected chi connectivity index (χ0v) is 21.6. The Kier molecular flexibility index (Phi) is 7.00. The van der Waals surface area contributed by atoms with Gasteiger partial charge in [0.2, 0.25) is 0 Å². The number of rotatable bonds is 6. The van der Waals surface area contributed by atoms with Gasteiger partial charge in [0.05, 0.1) is 6.42 Å². The monoisotopic (exact) mass is 487 g/mol. The van der Waals surface area contributed by atoms with Crippen LogP contribution in [-0.2, 0) is 27.0 Å². The van der Waals surface area contributed by atoms with Crippen LogP contribution in [0.3, 0.4) is 0 Å². The SMILES string of the molecule is Cc1cc(SC2=C(O)CC(CCc3ccccc3)(c3ccccc3)OC2=O)c(C(C)(C)C)cc1N. The molecule has 0 fully saturated rings. The van der Waals surface area contributed by atoms with Crippen LogP contribution >= 0.6 is 11.8 Å². The molecule has 4 nitrogen and oxygen atoms in total. The summed E-state index contributed by atoms with van der Waals surface area (Å²) in [6.45, 7) is 8.28. The van der Waals surface area contributed by atoms with Gasteiger partial charge in [0, 0.05) is 10.6 Å². The maximum Gasteiger partial charge on any atom is 0.349 e. The molecule has 1 heterocycles. The van der Waals surface area contributed by atoms with Crippen molar-refractivity contribution in [3.05, 3.63) is 106 Å². The average molecular weight is 488 g/mol. The fourth-order valence-electron chi connectivity index (χ4n) is 4.49. The van der Waals surface area contributed by atoms with E-state index in [1.54, 1.807) is 0 Å². The lowest BCUT2D eigenvalue weighted by molar-refractivity contribution is -0.160. The minimum absolute atomic E-state index is 0.0671. The number of aliphatic hydroxyl groups is 1. The third kappa shape index (κ3) is 5.40.